The van der Waals surface area contributed by atoms with Gasteiger partial charge < -0.3 is 10.2 Å². The highest BCUT2D eigenvalue weighted by atomic mass is 32.2. The Balaban J connectivity index is 2.59. The standard InChI is InChI=1S/C11H16N4O8S/c1-7(16)9(12-8(2)17)3-24(23)4-10(18)13-5-11(6-13,14(19)20)15(21)22/h9H,3-6H2,1-2H3,(H,12,17)/t9-,24?/m0/s1. The van der Waals surface area contributed by atoms with E-state index in [1.165, 1.54) is 13.8 Å². The molecule has 0 spiro atoms. The Morgan fingerprint density at radius 2 is 1.71 bits per heavy atom. The van der Waals surface area contributed by atoms with Gasteiger partial charge in [0, 0.05) is 17.7 Å². The summed E-state index contributed by atoms with van der Waals surface area (Å²) in [5.41, 5.74) is -2.42. The molecular weight excluding hydrogens is 348 g/mol. The molecule has 13 heteroatoms. The molecule has 0 aromatic heterocycles. The molecule has 1 rings (SSSR count). The van der Waals surface area contributed by atoms with Gasteiger partial charge in [-0.3, -0.25) is 38.8 Å². The van der Waals surface area contributed by atoms with Crippen molar-refractivity contribution < 1.29 is 28.4 Å². The van der Waals surface area contributed by atoms with Crippen LogP contribution in [-0.2, 0) is 25.2 Å². The van der Waals surface area contributed by atoms with E-state index in [4.69, 9.17) is 0 Å². The Morgan fingerprint density at radius 1 is 1.21 bits per heavy atom. The van der Waals surface area contributed by atoms with E-state index >= 15 is 0 Å². The van der Waals surface area contributed by atoms with Crippen molar-refractivity contribution in [3.63, 3.8) is 0 Å². The second kappa shape index (κ2) is 7.42. The van der Waals surface area contributed by atoms with Crippen molar-refractivity contribution in [2.24, 2.45) is 0 Å². The molecule has 0 saturated carbocycles. The van der Waals surface area contributed by atoms with Crippen molar-refractivity contribution >= 4 is 28.4 Å². The molecule has 1 aliphatic heterocycles. The first kappa shape index (κ1) is 19.6. The van der Waals surface area contributed by atoms with Crippen LogP contribution in [0.3, 0.4) is 0 Å². The topological polar surface area (TPSA) is 170 Å². The normalized spacial score (nSPS) is 18.0. The maximum absolute atomic E-state index is 11.9. The minimum absolute atomic E-state index is 0.288. The van der Waals surface area contributed by atoms with Gasteiger partial charge in [0.05, 0.1) is 11.8 Å². The van der Waals surface area contributed by atoms with Crippen LogP contribution >= 0.6 is 0 Å². The van der Waals surface area contributed by atoms with Crippen molar-refractivity contribution in [2.45, 2.75) is 25.6 Å². The van der Waals surface area contributed by atoms with E-state index in [0.29, 0.717) is 0 Å². The van der Waals surface area contributed by atoms with E-state index in [2.05, 4.69) is 5.32 Å². The van der Waals surface area contributed by atoms with E-state index in [1.54, 1.807) is 0 Å². The first-order valence-corrected chi connectivity index (χ1v) is 8.17. The third-order valence-electron chi connectivity index (χ3n) is 3.43. The lowest BCUT2D eigenvalue weighted by molar-refractivity contribution is -0.809. The minimum Gasteiger partial charge on any atom is -0.346 e. The molecule has 1 fully saturated rings. The summed E-state index contributed by atoms with van der Waals surface area (Å²) in [6.07, 6.45) is 0. The maximum atomic E-state index is 11.9. The molecule has 1 heterocycles. The van der Waals surface area contributed by atoms with Gasteiger partial charge in [0.1, 0.15) is 15.6 Å². The van der Waals surface area contributed by atoms with Crippen LogP contribution in [-0.4, -0.2) is 72.9 Å². The lowest BCUT2D eigenvalue weighted by atomic mass is 10.0. The molecule has 24 heavy (non-hydrogen) atoms. The van der Waals surface area contributed by atoms with E-state index in [1.807, 2.05) is 0 Å². The van der Waals surface area contributed by atoms with Crippen LogP contribution < -0.4 is 5.32 Å². The van der Waals surface area contributed by atoms with Crippen molar-refractivity contribution in [1.82, 2.24) is 10.2 Å². The molecule has 2 atom stereocenters. The van der Waals surface area contributed by atoms with Crippen molar-refractivity contribution in [3.8, 4) is 0 Å². The van der Waals surface area contributed by atoms with Crippen LogP contribution in [0.5, 0.6) is 0 Å². The second-order valence-electron chi connectivity index (χ2n) is 5.36. The zero-order valence-corrected chi connectivity index (χ0v) is 13.7. The third-order valence-corrected chi connectivity index (χ3v) is 4.70. The molecule has 0 aliphatic carbocycles. The summed E-state index contributed by atoms with van der Waals surface area (Å²) in [7, 11) is -1.82. The third kappa shape index (κ3) is 4.31. The van der Waals surface area contributed by atoms with Crippen molar-refractivity contribution in [1.29, 1.82) is 0 Å². The highest BCUT2D eigenvalue weighted by Crippen LogP contribution is 2.25. The summed E-state index contributed by atoms with van der Waals surface area (Å²) in [6.45, 7) is 0.964. The summed E-state index contributed by atoms with van der Waals surface area (Å²) >= 11 is 0. The van der Waals surface area contributed by atoms with E-state index < -0.39 is 68.8 Å². The number of likely N-dealkylation sites (tertiary alicyclic amines) is 1. The number of amides is 2. The smallest absolute Gasteiger partial charge is 0.346 e. The quantitative estimate of drug-likeness (QED) is 0.290. The summed E-state index contributed by atoms with van der Waals surface area (Å²) < 4.78 is 11.9. The lowest BCUT2D eigenvalue weighted by Gasteiger charge is -2.35. The Kier molecular flexibility index (Phi) is 6.06. The van der Waals surface area contributed by atoms with Crippen LogP contribution in [0.25, 0.3) is 0 Å². The zero-order valence-electron chi connectivity index (χ0n) is 12.9. The summed E-state index contributed by atoms with van der Waals surface area (Å²) in [5.74, 6) is -2.52. The first-order chi connectivity index (χ1) is 11.0. The van der Waals surface area contributed by atoms with Gasteiger partial charge in [-0.1, -0.05) is 0 Å². The van der Waals surface area contributed by atoms with Crippen LogP contribution in [0.15, 0.2) is 0 Å². The molecule has 1 N–H and O–H groups in total. The van der Waals surface area contributed by atoms with Gasteiger partial charge in [0.2, 0.25) is 11.8 Å². The zero-order chi connectivity index (χ0) is 18.7. The molecule has 0 radical (unpaired) electrons. The molecular formula is C11H16N4O8S. The van der Waals surface area contributed by atoms with E-state index in [9.17, 15) is 38.8 Å². The Labute approximate surface area is 138 Å². The highest BCUT2D eigenvalue weighted by Gasteiger charge is 2.67. The van der Waals surface area contributed by atoms with E-state index in [-0.39, 0.29) is 5.75 Å². The number of nitro groups is 2. The highest BCUT2D eigenvalue weighted by molar-refractivity contribution is 7.85. The summed E-state index contributed by atoms with van der Waals surface area (Å²) in [6, 6.07) is -1.01. The summed E-state index contributed by atoms with van der Waals surface area (Å²) in [4.78, 5) is 54.4. The van der Waals surface area contributed by atoms with Gasteiger partial charge >= 0.3 is 5.66 Å². The number of carbonyl (C=O) groups is 3. The molecule has 2 amide bonds. The Morgan fingerprint density at radius 3 is 2.08 bits per heavy atom. The maximum Gasteiger partial charge on any atom is 0.492 e. The summed E-state index contributed by atoms with van der Waals surface area (Å²) in [5, 5.41) is 23.8. The molecule has 12 nitrogen and oxygen atoms in total. The van der Waals surface area contributed by atoms with Crippen molar-refractivity contribution in [3.05, 3.63) is 20.2 Å². The minimum atomic E-state index is -2.42. The Bertz CT molecular complexity index is 599. The average Bonchev–Trinajstić information content (AvgIpc) is 2.34. The molecule has 1 aliphatic rings. The number of nitrogens with zero attached hydrogens (tertiary/aromatic N) is 3. The van der Waals surface area contributed by atoms with Crippen molar-refractivity contribution in [2.75, 3.05) is 24.6 Å². The second-order valence-corrected chi connectivity index (χ2v) is 6.86. The van der Waals surface area contributed by atoms with E-state index in [0.717, 1.165) is 4.90 Å². The van der Waals surface area contributed by atoms with Crippen LogP contribution in [0, 0.1) is 20.2 Å². The molecule has 0 aromatic rings. The number of hydrogen-bond acceptors (Lipinski definition) is 8. The molecule has 134 valence electrons. The number of Topliss-reactive ketones (excluding diaryl/α,β-unsaturated/α-hetero) is 1. The SMILES string of the molecule is CC(=O)N[C@@H](CS(=O)CC(=O)N1CC([N+](=O)[O-])([N+](=O)[O-])C1)C(C)=O. The van der Waals surface area contributed by atoms with Crippen LogP contribution in [0.2, 0.25) is 0 Å². The fourth-order valence-corrected chi connectivity index (χ4v) is 3.28. The van der Waals surface area contributed by atoms with Gasteiger partial charge in [-0.2, -0.15) is 0 Å². The molecule has 1 unspecified atom stereocenters. The number of nitrogens with one attached hydrogen (secondary N) is 1. The molecule has 0 bridgehead atoms. The lowest BCUT2D eigenvalue weighted by Crippen LogP contribution is -2.71. The monoisotopic (exact) mass is 364 g/mol. The van der Waals surface area contributed by atoms with Crippen LogP contribution in [0.1, 0.15) is 13.8 Å². The van der Waals surface area contributed by atoms with Gasteiger partial charge in [-0.25, -0.2) is 0 Å². The molecule has 1 saturated heterocycles. The van der Waals surface area contributed by atoms with Gasteiger partial charge in [-0.05, 0) is 6.92 Å². The number of rotatable bonds is 8. The predicted molar refractivity (Wildman–Crippen MR) is 79.5 cm³/mol. The van der Waals surface area contributed by atoms with Gasteiger partial charge in [-0.15, -0.1) is 0 Å². The average molecular weight is 364 g/mol. The van der Waals surface area contributed by atoms with Gasteiger partial charge in [0.15, 0.2) is 18.9 Å². The predicted octanol–water partition coefficient (Wildman–Crippen LogP) is -2.08. The first-order valence-electron chi connectivity index (χ1n) is 6.69. The Hall–Kier alpha value is -2.44. The fraction of sp³-hybridized carbons (Fsp3) is 0.727. The van der Waals surface area contributed by atoms with Gasteiger partial charge in [0.25, 0.3) is 0 Å². The number of carbonyl (C=O) groups excluding carboxylic acids is 3. The number of hydrogen-bond donors (Lipinski definition) is 1. The number of ketones is 1. The fourth-order valence-electron chi connectivity index (χ4n) is 2.02. The van der Waals surface area contributed by atoms with Crippen LogP contribution in [0.4, 0.5) is 0 Å². The largest absolute Gasteiger partial charge is 0.492 e. The molecule has 0 aromatic carbocycles.